The smallest absolute Gasteiger partial charge is 0.154 e. The van der Waals surface area contributed by atoms with E-state index in [1.165, 1.54) is 6.92 Å². The molecule has 1 N–H and O–H groups in total. The Morgan fingerprint density at radius 3 is 2.50 bits per heavy atom. The number of rotatable bonds is 1. The van der Waals surface area contributed by atoms with Crippen molar-refractivity contribution in [1.29, 1.82) is 5.41 Å². The molecule has 0 bridgehead atoms. The van der Waals surface area contributed by atoms with E-state index in [1.54, 1.807) is 0 Å². The third-order valence-electron chi connectivity index (χ3n) is 0.374. The van der Waals surface area contributed by atoms with Crippen molar-refractivity contribution in [2.24, 2.45) is 0 Å². The summed E-state index contributed by atoms with van der Waals surface area (Å²) in [5.41, 5.74) is 0.329. The minimum absolute atomic E-state index is 0.329. The minimum atomic E-state index is 0.329. The van der Waals surface area contributed by atoms with E-state index in [0.717, 1.165) is 0 Å². The topological polar surface area (TPSA) is 40.9 Å². The molecule has 0 saturated carbocycles. The largest absolute Gasteiger partial charge is 0.298 e. The van der Waals surface area contributed by atoms with Crippen molar-refractivity contribution in [3.63, 3.8) is 0 Å². The fourth-order valence-electron chi connectivity index (χ4n) is 0.0295. The summed E-state index contributed by atoms with van der Waals surface area (Å²) >= 11 is 0. The van der Waals surface area contributed by atoms with E-state index in [2.05, 4.69) is 0 Å². The highest BCUT2D eigenvalue weighted by atomic mass is 16.1. The number of hydrogen-bond donors (Lipinski definition) is 1. The average Bonchev–Trinajstić information content (AvgIpc) is 1.65. The Morgan fingerprint density at radius 2 is 2.50 bits per heavy atom. The van der Waals surface area contributed by atoms with E-state index in [0.29, 0.717) is 11.9 Å². The molecule has 0 amide bonds. The van der Waals surface area contributed by atoms with Gasteiger partial charge in [-0.05, 0) is 12.8 Å². The highest BCUT2D eigenvalue weighted by Gasteiger charge is 1.72. The van der Waals surface area contributed by atoms with Crippen LogP contribution in [0.25, 0.3) is 0 Å². The summed E-state index contributed by atoms with van der Waals surface area (Å²) in [6.45, 7) is 1.53. The summed E-state index contributed by atoms with van der Waals surface area (Å²) < 4.78 is 0. The molecule has 0 aromatic rings. The molecular formula is C4H5NO. The molecule has 0 rings (SSSR count). The van der Waals surface area contributed by atoms with E-state index in [1.807, 2.05) is 5.87 Å². The Hall–Kier alpha value is -0.880. The lowest BCUT2D eigenvalue weighted by molar-refractivity contribution is -0.104. The van der Waals surface area contributed by atoms with Crippen molar-refractivity contribution >= 4 is 12.2 Å². The first-order valence-corrected chi connectivity index (χ1v) is 1.52. The second-order valence-electron chi connectivity index (χ2n) is 0.926. The molecule has 2 heteroatoms. The van der Waals surface area contributed by atoms with Gasteiger partial charge in [0.1, 0.15) is 0 Å². The molecule has 2 nitrogen and oxygen atoms in total. The summed E-state index contributed by atoms with van der Waals surface area (Å²) in [5, 5.41) is 6.29. The van der Waals surface area contributed by atoms with Gasteiger partial charge in [-0.1, -0.05) is 0 Å². The van der Waals surface area contributed by atoms with Crippen LogP contribution in [-0.4, -0.2) is 12.2 Å². The predicted molar refractivity (Wildman–Crippen MR) is 23.0 cm³/mol. The third-order valence-corrected chi connectivity index (χ3v) is 0.374. The van der Waals surface area contributed by atoms with Crippen LogP contribution in [0.3, 0.4) is 0 Å². The van der Waals surface area contributed by atoms with Crippen molar-refractivity contribution in [1.82, 2.24) is 0 Å². The molecule has 6 heavy (non-hydrogen) atoms. The number of carbonyl (C=O) groups excluding carboxylic acids is 1. The summed E-state index contributed by atoms with van der Waals surface area (Å²) in [6.07, 6.45) is 0.590. The molecule has 0 aliphatic heterocycles. The van der Waals surface area contributed by atoms with Gasteiger partial charge in [-0.2, -0.15) is 0 Å². The Labute approximate surface area is 36.0 Å². The maximum Gasteiger partial charge on any atom is 0.154 e. The second kappa shape index (κ2) is 2.36. The van der Waals surface area contributed by atoms with E-state index >= 15 is 0 Å². The van der Waals surface area contributed by atoms with Crippen molar-refractivity contribution in [2.75, 3.05) is 0 Å². The maximum atomic E-state index is 9.52. The van der Waals surface area contributed by atoms with Crippen molar-refractivity contribution in [2.45, 2.75) is 6.92 Å². The van der Waals surface area contributed by atoms with Gasteiger partial charge in [0.15, 0.2) is 6.29 Å². The van der Waals surface area contributed by atoms with Gasteiger partial charge in [0.05, 0.1) is 0 Å². The van der Waals surface area contributed by atoms with Crippen LogP contribution in [0, 0.1) is 5.41 Å². The molecule has 0 radical (unpaired) electrons. The Kier molecular flexibility index (Phi) is 2.02. The molecule has 0 aromatic carbocycles. The molecule has 0 fully saturated rings. The van der Waals surface area contributed by atoms with Crippen LogP contribution in [-0.2, 0) is 4.79 Å². The molecule has 0 aliphatic carbocycles. The van der Waals surface area contributed by atoms with Crippen LogP contribution in [0.2, 0.25) is 0 Å². The standard InChI is InChI=1S/C4H5NO/c1-4(2-5)3-6/h3,5H,1H3. The monoisotopic (exact) mass is 83.0 g/mol. The van der Waals surface area contributed by atoms with Crippen LogP contribution < -0.4 is 0 Å². The van der Waals surface area contributed by atoms with Gasteiger partial charge in [0, 0.05) is 5.57 Å². The van der Waals surface area contributed by atoms with Crippen LogP contribution in [0.5, 0.6) is 0 Å². The molecular weight excluding hydrogens is 78.0 g/mol. The highest BCUT2D eigenvalue weighted by Crippen LogP contribution is 1.69. The molecule has 32 valence electrons. The summed E-state index contributed by atoms with van der Waals surface area (Å²) in [5.74, 6) is 1.91. The first-order chi connectivity index (χ1) is 2.81. The first kappa shape index (κ1) is 5.12. The van der Waals surface area contributed by atoms with Crippen molar-refractivity contribution in [3.05, 3.63) is 5.57 Å². The quantitative estimate of drug-likeness (QED) is 0.278. The first-order valence-electron chi connectivity index (χ1n) is 1.52. The molecule has 0 aromatic heterocycles. The Balaban J connectivity index is 3.86. The average molecular weight is 83.1 g/mol. The molecule has 0 atom stereocenters. The SMILES string of the molecule is CC(=C=N)C=O. The lowest BCUT2D eigenvalue weighted by Crippen LogP contribution is -1.71. The van der Waals surface area contributed by atoms with Crippen LogP contribution in [0.15, 0.2) is 5.57 Å². The van der Waals surface area contributed by atoms with Gasteiger partial charge < -0.3 is 0 Å². The number of allylic oxidation sites excluding steroid dienone is 1. The van der Waals surface area contributed by atoms with E-state index in [4.69, 9.17) is 5.41 Å². The normalized spacial score (nSPS) is 6.17. The zero-order valence-corrected chi connectivity index (χ0v) is 3.49. The van der Waals surface area contributed by atoms with Gasteiger partial charge in [0.25, 0.3) is 0 Å². The Bertz CT molecular complexity index is 100. The number of carbonyl (C=O) groups is 1. The molecule has 0 unspecified atom stereocenters. The van der Waals surface area contributed by atoms with Gasteiger partial charge in [0.2, 0.25) is 0 Å². The number of nitrogens with one attached hydrogen (secondary N) is 1. The minimum Gasteiger partial charge on any atom is -0.298 e. The number of hydrogen-bond acceptors (Lipinski definition) is 2. The van der Waals surface area contributed by atoms with Crippen molar-refractivity contribution in [3.8, 4) is 0 Å². The highest BCUT2D eigenvalue weighted by molar-refractivity contribution is 5.85. The lowest BCUT2D eigenvalue weighted by atomic mass is 10.4. The van der Waals surface area contributed by atoms with Gasteiger partial charge in [-0.3, -0.25) is 10.2 Å². The summed E-state index contributed by atoms with van der Waals surface area (Å²) in [6, 6.07) is 0. The Morgan fingerprint density at radius 1 is 2.00 bits per heavy atom. The van der Waals surface area contributed by atoms with E-state index < -0.39 is 0 Å². The van der Waals surface area contributed by atoms with Crippen molar-refractivity contribution < 1.29 is 4.79 Å². The third kappa shape index (κ3) is 1.44. The van der Waals surface area contributed by atoms with E-state index in [9.17, 15) is 4.79 Å². The molecule has 0 heterocycles. The van der Waals surface area contributed by atoms with Gasteiger partial charge in [-0.25, -0.2) is 0 Å². The lowest BCUT2D eigenvalue weighted by Gasteiger charge is -1.65. The zero-order valence-electron chi connectivity index (χ0n) is 3.49. The van der Waals surface area contributed by atoms with E-state index in [-0.39, 0.29) is 0 Å². The maximum absolute atomic E-state index is 9.52. The summed E-state index contributed by atoms with van der Waals surface area (Å²) in [7, 11) is 0. The zero-order chi connectivity index (χ0) is 4.99. The molecule has 0 aliphatic rings. The van der Waals surface area contributed by atoms with Gasteiger partial charge >= 0.3 is 0 Å². The fraction of sp³-hybridized carbons (Fsp3) is 0.250. The van der Waals surface area contributed by atoms with Crippen LogP contribution in [0.4, 0.5) is 0 Å². The van der Waals surface area contributed by atoms with Crippen LogP contribution >= 0.6 is 0 Å². The predicted octanol–water partition coefficient (Wildman–Crippen LogP) is 0.380. The second-order valence-corrected chi connectivity index (χ2v) is 0.926. The van der Waals surface area contributed by atoms with Crippen LogP contribution in [0.1, 0.15) is 6.92 Å². The summed E-state index contributed by atoms with van der Waals surface area (Å²) in [4.78, 5) is 9.52. The number of aldehydes is 1. The van der Waals surface area contributed by atoms with Gasteiger partial charge in [-0.15, -0.1) is 0 Å². The molecule has 0 spiro atoms. The molecule has 0 saturated heterocycles. The fourth-order valence-corrected chi connectivity index (χ4v) is 0.0295.